The molecular weight excluding hydrogens is 324 g/mol. The highest BCUT2D eigenvalue weighted by Gasteiger charge is 2.37. The molecule has 0 unspecified atom stereocenters. The minimum Gasteiger partial charge on any atom is -0.338 e. The Kier molecular flexibility index (Phi) is 5.34. The van der Waals surface area contributed by atoms with E-state index in [2.05, 4.69) is 5.32 Å². The van der Waals surface area contributed by atoms with E-state index >= 15 is 0 Å². The standard InChI is InChI=1S/C15H21ClN2O3S/c1-11-12(2)22(20,21)10-9-18(11)15(19)17-8-7-13-5-3-4-6-14(13)16/h3-6,11-12H,7-10H2,1-2H3,(H,17,19)/t11-,12+/m0/s1. The molecule has 1 fully saturated rings. The van der Waals surface area contributed by atoms with Crippen molar-refractivity contribution >= 4 is 27.5 Å². The van der Waals surface area contributed by atoms with Gasteiger partial charge >= 0.3 is 6.03 Å². The molecule has 0 spiro atoms. The first-order chi connectivity index (χ1) is 10.3. The number of amides is 2. The van der Waals surface area contributed by atoms with Crippen molar-refractivity contribution in [1.82, 2.24) is 10.2 Å². The van der Waals surface area contributed by atoms with Crippen LogP contribution >= 0.6 is 11.6 Å². The number of carbonyl (C=O) groups excluding carboxylic acids is 1. The maximum atomic E-state index is 12.2. The van der Waals surface area contributed by atoms with Crippen LogP contribution in [0.5, 0.6) is 0 Å². The van der Waals surface area contributed by atoms with Crippen LogP contribution in [0, 0.1) is 0 Å². The van der Waals surface area contributed by atoms with Crippen molar-refractivity contribution in [3.8, 4) is 0 Å². The zero-order valence-electron chi connectivity index (χ0n) is 12.8. The van der Waals surface area contributed by atoms with E-state index in [0.29, 0.717) is 18.0 Å². The number of nitrogens with one attached hydrogen (secondary N) is 1. The molecule has 1 N–H and O–H groups in total. The number of nitrogens with zero attached hydrogens (tertiary/aromatic N) is 1. The topological polar surface area (TPSA) is 66.5 Å². The van der Waals surface area contributed by atoms with Crippen molar-refractivity contribution in [3.05, 3.63) is 34.9 Å². The first-order valence-corrected chi connectivity index (χ1v) is 9.41. The maximum absolute atomic E-state index is 12.2. The second kappa shape index (κ2) is 6.87. The molecular formula is C15H21ClN2O3S. The Balaban J connectivity index is 1.89. The van der Waals surface area contributed by atoms with Crippen molar-refractivity contribution in [2.75, 3.05) is 18.8 Å². The summed E-state index contributed by atoms with van der Waals surface area (Å²) in [4.78, 5) is 13.8. The SMILES string of the molecule is C[C@@H]1[C@H](C)N(C(=O)NCCc2ccccc2Cl)CCS1(=O)=O. The van der Waals surface area contributed by atoms with Crippen LogP contribution in [0.15, 0.2) is 24.3 Å². The van der Waals surface area contributed by atoms with E-state index in [9.17, 15) is 13.2 Å². The van der Waals surface area contributed by atoms with E-state index in [4.69, 9.17) is 11.6 Å². The number of hydrogen-bond donors (Lipinski definition) is 1. The predicted molar refractivity (Wildman–Crippen MR) is 88.0 cm³/mol. The second-order valence-corrected chi connectivity index (χ2v) is 8.46. The molecule has 2 rings (SSSR count). The van der Waals surface area contributed by atoms with Crippen LogP contribution in [0.1, 0.15) is 19.4 Å². The first-order valence-electron chi connectivity index (χ1n) is 7.32. The van der Waals surface area contributed by atoms with E-state index in [0.717, 1.165) is 5.56 Å². The lowest BCUT2D eigenvalue weighted by atomic mass is 10.1. The number of hydrogen-bond acceptors (Lipinski definition) is 3. The van der Waals surface area contributed by atoms with Gasteiger partial charge in [-0.05, 0) is 31.9 Å². The maximum Gasteiger partial charge on any atom is 0.317 e. The lowest BCUT2D eigenvalue weighted by molar-refractivity contribution is 0.178. The molecule has 1 aromatic carbocycles. The van der Waals surface area contributed by atoms with Crippen LogP contribution in [-0.2, 0) is 16.3 Å². The van der Waals surface area contributed by atoms with Crippen LogP contribution < -0.4 is 5.32 Å². The normalized spacial score (nSPS) is 24.0. The van der Waals surface area contributed by atoms with Crippen LogP contribution in [0.2, 0.25) is 5.02 Å². The van der Waals surface area contributed by atoms with Crippen molar-refractivity contribution in [2.45, 2.75) is 31.6 Å². The molecule has 22 heavy (non-hydrogen) atoms. The molecule has 2 atom stereocenters. The van der Waals surface area contributed by atoms with Gasteiger partial charge in [-0.25, -0.2) is 13.2 Å². The molecule has 0 bridgehead atoms. The summed E-state index contributed by atoms with van der Waals surface area (Å²) >= 11 is 6.07. The smallest absolute Gasteiger partial charge is 0.317 e. The van der Waals surface area contributed by atoms with Gasteiger partial charge < -0.3 is 10.2 Å². The molecule has 0 aliphatic carbocycles. The minimum atomic E-state index is -3.09. The molecule has 5 nitrogen and oxygen atoms in total. The molecule has 0 radical (unpaired) electrons. The van der Waals surface area contributed by atoms with Crippen molar-refractivity contribution in [2.24, 2.45) is 0 Å². The average Bonchev–Trinajstić information content (AvgIpc) is 2.47. The van der Waals surface area contributed by atoms with Gasteiger partial charge in [-0.3, -0.25) is 0 Å². The van der Waals surface area contributed by atoms with Crippen molar-refractivity contribution < 1.29 is 13.2 Å². The molecule has 7 heteroatoms. The molecule has 1 aliphatic rings. The second-order valence-electron chi connectivity index (χ2n) is 5.58. The molecule has 0 saturated carbocycles. The summed E-state index contributed by atoms with van der Waals surface area (Å²) in [7, 11) is -3.09. The Morgan fingerprint density at radius 3 is 2.73 bits per heavy atom. The van der Waals surface area contributed by atoms with Crippen LogP contribution in [-0.4, -0.2) is 49.5 Å². The van der Waals surface area contributed by atoms with E-state index in [-0.39, 0.29) is 24.4 Å². The molecule has 1 saturated heterocycles. The number of benzene rings is 1. The van der Waals surface area contributed by atoms with E-state index in [1.807, 2.05) is 24.3 Å². The fourth-order valence-electron chi connectivity index (χ4n) is 2.56. The summed E-state index contributed by atoms with van der Waals surface area (Å²) in [6.45, 7) is 4.14. The van der Waals surface area contributed by atoms with Crippen LogP contribution in [0.3, 0.4) is 0 Å². The number of urea groups is 1. The monoisotopic (exact) mass is 344 g/mol. The highest BCUT2D eigenvalue weighted by molar-refractivity contribution is 7.92. The Morgan fingerprint density at radius 2 is 2.05 bits per heavy atom. The van der Waals surface area contributed by atoms with Gasteiger partial charge in [-0.1, -0.05) is 29.8 Å². The van der Waals surface area contributed by atoms with E-state index in [1.54, 1.807) is 18.7 Å². The van der Waals surface area contributed by atoms with E-state index in [1.165, 1.54) is 0 Å². The van der Waals surface area contributed by atoms with Gasteiger partial charge in [0.15, 0.2) is 9.84 Å². The third kappa shape index (κ3) is 3.73. The summed E-state index contributed by atoms with van der Waals surface area (Å²) in [5.41, 5.74) is 0.979. The van der Waals surface area contributed by atoms with Crippen molar-refractivity contribution in [1.29, 1.82) is 0 Å². The fourth-order valence-corrected chi connectivity index (χ4v) is 4.36. The summed E-state index contributed by atoms with van der Waals surface area (Å²) < 4.78 is 23.6. The van der Waals surface area contributed by atoms with Gasteiger partial charge in [0, 0.05) is 24.2 Å². The number of carbonyl (C=O) groups is 1. The number of halogens is 1. The van der Waals surface area contributed by atoms with Crippen LogP contribution in [0.4, 0.5) is 4.79 Å². The molecule has 0 aromatic heterocycles. The number of rotatable bonds is 3. The van der Waals surface area contributed by atoms with Crippen LogP contribution in [0.25, 0.3) is 0 Å². The summed E-state index contributed by atoms with van der Waals surface area (Å²) in [6, 6.07) is 6.97. The van der Waals surface area contributed by atoms with Gasteiger partial charge in [0.1, 0.15) is 0 Å². The molecule has 1 heterocycles. The largest absolute Gasteiger partial charge is 0.338 e. The summed E-state index contributed by atoms with van der Waals surface area (Å²) in [6.07, 6.45) is 0.640. The van der Waals surface area contributed by atoms with Gasteiger partial charge in [0.2, 0.25) is 0 Å². The highest BCUT2D eigenvalue weighted by Crippen LogP contribution is 2.19. The predicted octanol–water partition coefficient (Wildman–Crippen LogP) is 2.10. The Morgan fingerprint density at radius 1 is 1.36 bits per heavy atom. The molecule has 122 valence electrons. The van der Waals surface area contributed by atoms with Gasteiger partial charge in [0.25, 0.3) is 0 Å². The average molecular weight is 345 g/mol. The van der Waals surface area contributed by atoms with E-state index < -0.39 is 15.1 Å². The molecule has 1 aliphatic heterocycles. The number of sulfone groups is 1. The third-order valence-corrected chi connectivity index (χ3v) is 6.89. The fraction of sp³-hybridized carbons (Fsp3) is 0.533. The van der Waals surface area contributed by atoms with Gasteiger partial charge in [0.05, 0.1) is 11.0 Å². The Bertz CT molecular complexity index is 648. The first kappa shape index (κ1) is 17.1. The quantitative estimate of drug-likeness (QED) is 0.913. The van der Waals surface area contributed by atoms with Gasteiger partial charge in [-0.2, -0.15) is 0 Å². The summed E-state index contributed by atoms with van der Waals surface area (Å²) in [5, 5.41) is 2.99. The highest BCUT2D eigenvalue weighted by atomic mass is 35.5. The van der Waals surface area contributed by atoms with Gasteiger partial charge in [-0.15, -0.1) is 0 Å². The van der Waals surface area contributed by atoms with Crippen molar-refractivity contribution in [3.63, 3.8) is 0 Å². The lowest BCUT2D eigenvalue weighted by Gasteiger charge is -2.37. The molecule has 1 aromatic rings. The Labute approximate surface area is 136 Å². The minimum absolute atomic E-state index is 0.0242. The summed E-state index contributed by atoms with van der Waals surface area (Å²) in [5.74, 6) is 0.0242. The zero-order chi connectivity index (χ0) is 16.3. The Hall–Kier alpha value is -1.27. The lowest BCUT2D eigenvalue weighted by Crippen LogP contribution is -2.57. The zero-order valence-corrected chi connectivity index (χ0v) is 14.3. The third-order valence-electron chi connectivity index (χ3n) is 4.24. The molecule has 2 amide bonds.